The van der Waals surface area contributed by atoms with E-state index in [9.17, 15) is 4.79 Å². The molecule has 0 heterocycles. The lowest BCUT2D eigenvalue weighted by Crippen LogP contribution is -1.94. The quantitative estimate of drug-likeness (QED) is 0.646. The highest BCUT2D eigenvalue weighted by atomic mass is 16.1. The summed E-state index contributed by atoms with van der Waals surface area (Å²) in [5.74, 6) is 0. The maximum Gasteiger partial charge on any atom is 0.211 e. The second-order valence-corrected chi connectivity index (χ2v) is 3.97. The van der Waals surface area contributed by atoms with E-state index < -0.39 is 0 Å². The monoisotopic (exact) mass is 209 g/mol. The van der Waals surface area contributed by atoms with Crippen LogP contribution in [-0.2, 0) is 11.2 Å². The summed E-state index contributed by atoms with van der Waals surface area (Å²) < 4.78 is 0. The van der Waals surface area contributed by atoms with Crippen LogP contribution in [0.3, 0.4) is 0 Å². The largest absolute Gasteiger partial charge is 0.329 e. The number of carbonyl (C=O) groups is 1. The van der Waals surface area contributed by atoms with Crippen LogP contribution >= 0.6 is 0 Å². The summed E-state index contributed by atoms with van der Waals surface area (Å²) in [5, 5.41) is 2.68. The van der Waals surface area contributed by atoms with E-state index in [0.29, 0.717) is 6.41 Å². The molecular weight excluding hydrogens is 198 g/mol. The van der Waals surface area contributed by atoms with Crippen LogP contribution in [0.1, 0.15) is 11.1 Å². The van der Waals surface area contributed by atoms with Crippen LogP contribution in [0.25, 0.3) is 11.1 Å². The van der Waals surface area contributed by atoms with Crippen LogP contribution < -0.4 is 5.32 Å². The molecule has 2 nitrogen and oxygen atoms in total. The van der Waals surface area contributed by atoms with Gasteiger partial charge in [0.2, 0.25) is 6.41 Å². The minimum Gasteiger partial charge on any atom is -0.329 e. The SMILES string of the molecule is O=CNc1ccc2c(c1)Cc1ccccc1-2. The average Bonchev–Trinajstić information content (AvgIpc) is 2.67. The third kappa shape index (κ3) is 1.31. The van der Waals surface area contributed by atoms with Gasteiger partial charge in [0.15, 0.2) is 0 Å². The van der Waals surface area contributed by atoms with Crippen LogP contribution in [0, 0.1) is 0 Å². The fraction of sp³-hybridized carbons (Fsp3) is 0.0714. The zero-order valence-corrected chi connectivity index (χ0v) is 8.73. The molecule has 16 heavy (non-hydrogen) atoms. The standard InChI is InChI=1S/C14H11NO/c16-9-15-12-5-6-14-11(8-12)7-10-3-1-2-4-13(10)14/h1-6,8-9H,7H2,(H,15,16). The number of hydrogen-bond acceptors (Lipinski definition) is 1. The topological polar surface area (TPSA) is 29.1 Å². The molecule has 0 atom stereocenters. The van der Waals surface area contributed by atoms with Crippen LogP contribution in [-0.4, -0.2) is 6.41 Å². The molecule has 1 aliphatic carbocycles. The predicted octanol–water partition coefficient (Wildman–Crippen LogP) is 2.83. The molecule has 0 aromatic heterocycles. The van der Waals surface area contributed by atoms with Crippen molar-refractivity contribution in [3.8, 4) is 11.1 Å². The number of fused-ring (bicyclic) bond motifs is 3. The minimum absolute atomic E-state index is 0.712. The van der Waals surface area contributed by atoms with Gasteiger partial charge in [-0.15, -0.1) is 0 Å². The van der Waals surface area contributed by atoms with Crippen LogP contribution in [0.5, 0.6) is 0 Å². The molecule has 0 saturated carbocycles. The van der Waals surface area contributed by atoms with E-state index in [-0.39, 0.29) is 0 Å². The lowest BCUT2D eigenvalue weighted by atomic mass is 10.1. The first-order chi connectivity index (χ1) is 7.88. The molecule has 2 aromatic carbocycles. The predicted molar refractivity (Wildman–Crippen MR) is 64.4 cm³/mol. The first-order valence-electron chi connectivity index (χ1n) is 5.30. The molecule has 0 fully saturated rings. The Hall–Kier alpha value is -2.09. The second kappa shape index (κ2) is 3.49. The Morgan fingerprint density at radius 3 is 2.69 bits per heavy atom. The molecule has 0 bridgehead atoms. The molecule has 3 rings (SSSR count). The van der Waals surface area contributed by atoms with Crippen molar-refractivity contribution < 1.29 is 4.79 Å². The minimum atomic E-state index is 0.712. The van der Waals surface area contributed by atoms with Crippen molar-refractivity contribution in [2.45, 2.75) is 6.42 Å². The third-order valence-corrected chi connectivity index (χ3v) is 3.02. The van der Waals surface area contributed by atoms with Crippen molar-refractivity contribution in [1.82, 2.24) is 0 Å². The van der Waals surface area contributed by atoms with Gasteiger partial charge in [0, 0.05) is 5.69 Å². The molecule has 1 N–H and O–H groups in total. The Bertz CT molecular complexity index is 560. The van der Waals surface area contributed by atoms with E-state index in [1.54, 1.807) is 0 Å². The van der Waals surface area contributed by atoms with Gasteiger partial charge < -0.3 is 5.32 Å². The van der Waals surface area contributed by atoms with Crippen LogP contribution in [0.15, 0.2) is 42.5 Å². The van der Waals surface area contributed by atoms with Gasteiger partial charge in [-0.3, -0.25) is 4.79 Å². The Morgan fingerprint density at radius 2 is 1.81 bits per heavy atom. The van der Waals surface area contributed by atoms with Crippen LogP contribution in [0.4, 0.5) is 5.69 Å². The first-order valence-corrected chi connectivity index (χ1v) is 5.30. The molecule has 2 heteroatoms. The van der Waals surface area contributed by atoms with E-state index in [4.69, 9.17) is 0 Å². The molecule has 78 valence electrons. The number of anilines is 1. The van der Waals surface area contributed by atoms with E-state index in [2.05, 4.69) is 35.6 Å². The number of carbonyl (C=O) groups excluding carboxylic acids is 1. The van der Waals surface area contributed by atoms with E-state index in [1.165, 1.54) is 22.3 Å². The van der Waals surface area contributed by atoms with Crippen molar-refractivity contribution in [2.24, 2.45) is 0 Å². The van der Waals surface area contributed by atoms with E-state index >= 15 is 0 Å². The van der Waals surface area contributed by atoms with Gasteiger partial charge in [0.25, 0.3) is 0 Å². The highest BCUT2D eigenvalue weighted by molar-refractivity contribution is 5.80. The molecule has 1 amide bonds. The summed E-state index contributed by atoms with van der Waals surface area (Å²) in [6.45, 7) is 0. The zero-order valence-electron chi connectivity index (χ0n) is 8.73. The van der Waals surface area contributed by atoms with Crippen molar-refractivity contribution >= 4 is 12.1 Å². The number of benzene rings is 2. The molecule has 0 saturated heterocycles. The number of nitrogens with one attached hydrogen (secondary N) is 1. The van der Waals surface area contributed by atoms with Crippen molar-refractivity contribution in [3.05, 3.63) is 53.6 Å². The lowest BCUT2D eigenvalue weighted by Gasteiger charge is -2.03. The van der Waals surface area contributed by atoms with E-state index in [1.807, 2.05) is 12.1 Å². The average molecular weight is 209 g/mol. The number of hydrogen-bond donors (Lipinski definition) is 1. The van der Waals surface area contributed by atoms with Gasteiger partial charge in [-0.25, -0.2) is 0 Å². The first kappa shape index (κ1) is 9.16. The van der Waals surface area contributed by atoms with Crippen LogP contribution in [0.2, 0.25) is 0 Å². The zero-order chi connectivity index (χ0) is 11.0. The molecular formula is C14H11NO. The van der Waals surface area contributed by atoms with Gasteiger partial charge in [-0.05, 0) is 40.8 Å². The summed E-state index contributed by atoms with van der Waals surface area (Å²) in [4.78, 5) is 10.4. The molecule has 0 spiro atoms. The summed E-state index contributed by atoms with van der Waals surface area (Å²) in [6, 6.07) is 14.5. The summed E-state index contributed by atoms with van der Waals surface area (Å²) >= 11 is 0. The highest BCUT2D eigenvalue weighted by Gasteiger charge is 2.17. The number of amides is 1. The Balaban J connectivity index is 2.10. The number of rotatable bonds is 2. The van der Waals surface area contributed by atoms with Gasteiger partial charge in [0.05, 0.1) is 0 Å². The Morgan fingerprint density at radius 1 is 1.00 bits per heavy atom. The van der Waals surface area contributed by atoms with Crippen molar-refractivity contribution in [1.29, 1.82) is 0 Å². The van der Waals surface area contributed by atoms with Crippen molar-refractivity contribution in [3.63, 3.8) is 0 Å². The third-order valence-electron chi connectivity index (χ3n) is 3.02. The van der Waals surface area contributed by atoms with Gasteiger partial charge in [-0.2, -0.15) is 0 Å². The van der Waals surface area contributed by atoms with Gasteiger partial charge in [-0.1, -0.05) is 30.3 Å². The van der Waals surface area contributed by atoms with Gasteiger partial charge in [0.1, 0.15) is 0 Å². The Labute approximate surface area is 93.9 Å². The molecule has 2 aromatic rings. The summed E-state index contributed by atoms with van der Waals surface area (Å²) in [5.41, 5.74) is 6.11. The normalized spacial score (nSPS) is 11.8. The second-order valence-electron chi connectivity index (χ2n) is 3.97. The van der Waals surface area contributed by atoms with E-state index in [0.717, 1.165) is 12.1 Å². The van der Waals surface area contributed by atoms with Gasteiger partial charge >= 0.3 is 0 Å². The molecule has 0 aliphatic heterocycles. The lowest BCUT2D eigenvalue weighted by molar-refractivity contribution is -0.105. The Kier molecular flexibility index (Phi) is 2.00. The van der Waals surface area contributed by atoms with Crippen molar-refractivity contribution in [2.75, 3.05) is 5.32 Å². The smallest absolute Gasteiger partial charge is 0.211 e. The summed E-state index contributed by atoms with van der Waals surface area (Å²) in [7, 11) is 0. The maximum atomic E-state index is 10.4. The fourth-order valence-corrected chi connectivity index (χ4v) is 2.30. The fourth-order valence-electron chi connectivity index (χ4n) is 2.30. The molecule has 1 aliphatic rings. The summed E-state index contributed by atoms with van der Waals surface area (Å²) in [6.07, 6.45) is 1.67. The molecule has 0 unspecified atom stereocenters. The highest BCUT2D eigenvalue weighted by Crippen LogP contribution is 2.37. The molecule has 0 radical (unpaired) electrons. The maximum absolute atomic E-state index is 10.4.